The minimum Gasteiger partial charge on any atom is -0.469 e. The van der Waals surface area contributed by atoms with Crippen LogP contribution in [0, 0.1) is 5.92 Å². The predicted octanol–water partition coefficient (Wildman–Crippen LogP) is 0.243. The van der Waals surface area contributed by atoms with E-state index in [2.05, 4.69) is 4.74 Å². The summed E-state index contributed by atoms with van der Waals surface area (Å²) in [5.74, 6) is -2.29. The fraction of sp³-hybridized carbons (Fsp3) is 0.818. The second kappa shape index (κ2) is 4.27. The first-order valence-electron chi connectivity index (χ1n) is 5.52. The van der Waals surface area contributed by atoms with Gasteiger partial charge in [-0.25, -0.2) is 0 Å². The first-order chi connectivity index (χ1) is 7.93. The lowest BCUT2D eigenvalue weighted by molar-refractivity contribution is -0.169. The van der Waals surface area contributed by atoms with Crippen LogP contribution < -0.4 is 0 Å². The second-order valence-corrected chi connectivity index (χ2v) is 4.66. The fourth-order valence-corrected chi connectivity index (χ4v) is 2.20. The van der Waals surface area contributed by atoms with E-state index in [1.807, 2.05) is 0 Å². The molecule has 2 aliphatic heterocycles. The third-order valence-corrected chi connectivity index (χ3v) is 2.92. The lowest BCUT2D eigenvalue weighted by atomic mass is 9.93. The molecule has 0 N–H and O–H groups in total. The molecule has 0 spiro atoms. The molecule has 0 aliphatic carbocycles. The van der Waals surface area contributed by atoms with Crippen LogP contribution in [-0.2, 0) is 28.5 Å². The largest absolute Gasteiger partial charge is 0.469 e. The van der Waals surface area contributed by atoms with Crippen LogP contribution in [0.25, 0.3) is 0 Å². The predicted molar refractivity (Wildman–Crippen MR) is 54.9 cm³/mol. The van der Waals surface area contributed by atoms with Crippen LogP contribution in [0.5, 0.6) is 0 Å². The van der Waals surface area contributed by atoms with Crippen molar-refractivity contribution in [1.82, 2.24) is 0 Å². The summed E-state index contributed by atoms with van der Waals surface area (Å²) >= 11 is 0. The van der Waals surface area contributed by atoms with Crippen LogP contribution in [-0.4, -0.2) is 43.7 Å². The smallest absolute Gasteiger partial charge is 0.312 e. The van der Waals surface area contributed by atoms with Gasteiger partial charge in [0, 0.05) is 0 Å². The van der Waals surface area contributed by atoms with Crippen molar-refractivity contribution in [2.24, 2.45) is 5.92 Å². The molecule has 0 amide bonds. The molecule has 2 aliphatic rings. The second-order valence-electron chi connectivity index (χ2n) is 4.66. The van der Waals surface area contributed by atoms with Gasteiger partial charge < -0.3 is 18.9 Å². The molecule has 0 unspecified atom stereocenters. The third-order valence-electron chi connectivity index (χ3n) is 2.92. The molecule has 0 bridgehead atoms. The summed E-state index contributed by atoms with van der Waals surface area (Å²) in [6, 6.07) is 0. The number of fused-ring (bicyclic) bond motifs is 1. The molecule has 0 aromatic heterocycles. The van der Waals surface area contributed by atoms with Crippen LogP contribution >= 0.6 is 0 Å². The van der Waals surface area contributed by atoms with E-state index < -0.39 is 29.7 Å². The van der Waals surface area contributed by atoms with Crippen molar-refractivity contribution >= 4 is 11.9 Å². The first kappa shape index (κ1) is 12.3. The highest BCUT2D eigenvalue weighted by Crippen LogP contribution is 2.36. The molecule has 2 rings (SSSR count). The lowest BCUT2D eigenvalue weighted by Gasteiger charge is -2.29. The standard InChI is InChI=1S/C11H16O6/c1-11(2)16-7-5-15-10(13)6(9(7)17-11)4-8(12)14-3/h6-7,9H,4-5H2,1-3H3/t6-,7-,9+/m0/s1. The van der Waals surface area contributed by atoms with Crippen molar-refractivity contribution in [3.8, 4) is 0 Å². The Kier molecular flexibility index (Phi) is 3.09. The van der Waals surface area contributed by atoms with Crippen LogP contribution in [0.15, 0.2) is 0 Å². The quantitative estimate of drug-likeness (QED) is 0.648. The Hall–Kier alpha value is -1.14. The topological polar surface area (TPSA) is 71.1 Å². The van der Waals surface area contributed by atoms with Crippen molar-refractivity contribution in [3.63, 3.8) is 0 Å². The summed E-state index contributed by atoms with van der Waals surface area (Å²) in [4.78, 5) is 22.9. The van der Waals surface area contributed by atoms with Gasteiger partial charge >= 0.3 is 11.9 Å². The maximum Gasteiger partial charge on any atom is 0.312 e. The zero-order valence-electron chi connectivity index (χ0n) is 10.1. The molecule has 2 fully saturated rings. The fourth-order valence-electron chi connectivity index (χ4n) is 2.20. The number of methoxy groups -OCH3 is 1. The summed E-state index contributed by atoms with van der Waals surface area (Å²) in [5, 5.41) is 0. The zero-order chi connectivity index (χ0) is 12.6. The van der Waals surface area contributed by atoms with Crippen LogP contribution in [0.2, 0.25) is 0 Å². The van der Waals surface area contributed by atoms with Gasteiger partial charge in [-0.2, -0.15) is 0 Å². The average Bonchev–Trinajstić information content (AvgIpc) is 2.57. The minimum atomic E-state index is -0.752. The van der Waals surface area contributed by atoms with E-state index in [0.717, 1.165) is 0 Å². The summed E-state index contributed by atoms with van der Waals surface area (Å²) in [6.07, 6.45) is -0.793. The molecule has 2 saturated heterocycles. The van der Waals surface area contributed by atoms with Crippen molar-refractivity contribution in [2.75, 3.05) is 13.7 Å². The SMILES string of the molecule is COC(=O)C[C@@H]1C(=O)OC[C@@H]2OC(C)(C)O[C@@H]21. The third kappa shape index (κ3) is 2.42. The first-order valence-corrected chi connectivity index (χ1v) is 5.52. The van der Waals surface area contributed by atoms with E-state index in [1.165, 1.54) is 7.11 Å². The highest BCUT2D eigenvalue weighted by Gasteiger charge is 2.51. The van der Waals surface area contributed by atoms with E-state index >= 15 is 0 Å². The number of rotatable bonds is 2. The number of cyclic esters (lactones) is 1. The van der Waals surface area contributed by atoms with Gasteiger partial charge in [0.15, 0.2) is 5.79 Å². The van der Waals surface area contributed by atoms with E-state index in [9.17, 15) is 9.59 Å². The molecular formula is C11H16O6. The summed E-state index contributed by atoms with van der Waals surface area (Å²) < 4.78 is 20.8. The highest BCUT2D eigenvalue weighted by molar-refractivity contribution is 5.81. The molecule has 0 radical (unpaired) electrons. The van der Waals surface area contributed by atoms with E-state index in [-0.39, 0.29) is 19.1 Å². The molecule has 0 aromatic rings. The van der Waals surface area contributed by atoms with Gasteiger partial charge in [0.1, 0.15) is 18.8 Å². The van der Waals surface area contributed by atoms with Gasteiger partial charge in [-0.3, -0.25) is 9.59 Å². The molecule has 3 atom stereocenters. The summed E-state index contributed by atoms with van der Waals surface area (Å²) in [6.45, 7) is 3.71. The Bertz CT molecular complexity index is 337. The monoisotopic (exact) mass is 244 g/mol. The minimum absolute atomic E-state index is 0.0457. The number of hydrogen-bond donors (Lipinski definition) is 0. The Labute approximate surface area is 99.2 Å². The molecule has 2 heterocycles. The number of ether oxygens (including phenoxy) is 4. The molecule has 0 saturated carbocycles. The van der Waals surface area contributed by atoms with Crippen molar-refractivity contribution in [1.29, 1.82) is 0 Å². The van der Waals surface area contributed by atoms with Crippen LogP contribution in [0.1, 0.15) is 20.3 Å². The molecular weight excluding hydrogens is 228 g/mol. The van der Waals surface area contributed by atoms with E-state index in [0.29, 0.717) is 0 Å². The number of esters is 2. The molecule has 6 nitrogen and oxygen atoms in total. The van der Waals surface area contributed by atoms with Gasteiger partial charge in [0.25, 0.3) is 0 Å². The number of hydrogen-bond acceptors (Lipinski definition) is 6. The Morgan fingerprint density at radius 2 is 2.18 bits per heavy atom. The van der Waals surface area contributed by atoms with Crippen molar-refractivity contribution in [3.05, 3.63) is 0 Å². The zero-order valence-corrected chi connectivity index (χ0v) is 10.1. The van der Waals surface area contributed by atoms with Gasteiger partial charge in [0.05, 0.1) is 19.4 Å². The van der Waals surface area contributed by atoms with E-state index in [4.69, 9.17) is 14.2 Å². The Morgan fingerprint density at radius 1 is 1.47 bits per heavy atom. The molecule has 6 heteroatoms. The van der Waals surface area contributed by atoms with Crippen molar-refractivity contribution in [2.45, 2.75) is 38.3 Å². The van der Waals surface area contributed by atoms with Gasteiger partial charge in [-0.15, -0.1) is 0 Å². The normalized spacial score (nSPS) is 35.0. The van der Waals surface area contributed by atoms with Gasteiger partial charge in [-0.1, -0.05) is 0 Å². The maximum atomic E-state index is 11.6. The highest BCUT2D eigenvalue weighted by atomic mass is 16.8. The number of carbonyl (C=O) groups excluding carboxylic acids is 2. The summed E-state index contributed by atoms with van der Waals surface area (Å²) in [5.41, 5.74) is 0. The van der Waals surface area contributed by atoms with Gasteiger partial charge in [-0.05, 0) is 13.8 Å². The molecule has 0 aromatic carbocycles. The van der Waals surface area contributed by atoms with Crippen molar-refractivity contribution < 1.29 is 28.5 Å². The van der Waals surface area contributed by atoms with Gasteiger partial charge in [0.2, 0.25) is 0 Å². The Morgan fingerprint density at radius 3 is 2.82 bits per heavy atom. The van der Waals surface area contributed by atoms with Crippen LogP contribution in [0.4, 0.5) is 0 Å². The summed E-state index contributed by atoms with van der Waals surface area (Å²) in [7, 11) is 1.28. The molecule has 17 heavy (non-hydrogen) atoms. The van der Waals surface area contributed by atoms with E-state index in [1.54, 1.807) is 13.8 Å². The average molecular weight is 244 g/mol. The molecule has 96 valence electrons. The lowest BCUT2D eigenvalue weighted by Crippen LogP contribution is -2.46. The van der Waals surface area contributed by atoms with Crippen LogP contribution in [0.3, 0.4) is 0 Å². The Balaban J connectivity index is 2.12. The maximum absolute atomic E-state index is 11.6. The number of carbonyl (C=O) groups is 2.